The molecule has 1 aliphatic rings. The molecule has 0 amide bonds. The molecule has 1 fully saturated rings. The lowest BCUT2D eigenvalue weighted by Crippen LogP contribution is -2.40. The summed E-state index contributed by atoms with van der Waals surface area (Å²) < 4.78 is 7.43. The Kier molecular flexibility index (Phi) is 4.66. The molecule has 0 aliphatic carbocycles. The van der Waals surface area contributed by atoms with Crippen molar-refractivity contribution in [2.24, 2.45) is 0 Å². The molecule has 2 heterocycles. The summed E-state index contributed by atoms with van der Waals surface area (Å²) >= 11 is 0. The summed E-state index contributed by atoms with van der Waals surface area (Å²) in [6.45, 7) is 11.4. The Labute approximate surface area is 126 Å². The minimum absolute atomic E-state index is 0.129. The van der Waals surface area contributed by atoms with Crippen molar-refractivity contribution >= 4 is 5.97 Å². The third-order valence-corrected chi connectivity index (χ3v) is 3.52. The summed E-state index contributed by atoms with van der Waals surface area (Å²) in [5, 5.41) is 4.25. The Morgan fingerprint density at radius 2 is 2.19 bits per heavy atom. The van der Waals surface area contributed by atoms with E-state index in [0.717, 1.165) is 25.2 Å². The summed E-state index contributed by atoms with van der Waals surface area (Å²) in [7, 11) is 0. The van der Waals surface area contributed by atoms with E-state index in [2.05, 4.69) is 28.8 Å². The Morgan fingerprint density at radius 1 is 1.48 bits per heavy atom. The zero-order valence-electron chi connectivity index (χ0n) is 13.7. The first kappa shape index (κ1) is 15.9. The standard InChI is InChI=1S/C15H26N4O2/c1-11(2)19-13(16-10-17-19)9-18-8-6-7-12(18)14(20)21-15(3,4)5/h10-12H,6-9H2,1-5H3/t12-/m1/s1. The van der Waals surface area contributed by atoms with Gasteiger partial charge in [0.25, 0.3) is 0 Å². The van der Waals surface area contributed by atoms with Gasteiger partial charge in [-0.1, -0.05) is 0 Å². The lowest BCUT2D eigenvalue weighted by Gasteiger charge is -2.27. The molecule has 21 heavy (non-hydrogen) atoms. The minimum atomic E-state index is -0.441. The Bertz CT molecular complexity index is 490. The van der Waals surface area contributed by atoms with Crippen LogP contribution in [0.3, 0.4) is 0 Å². The van der Waals surface area contributed by atoms with Crippen LogP contribution in [0.4, 0.5) is 0 Å². The molecule has 2 rings (SSSR count). The average Bonchev–Trinajstić information content (AvgIpc) is 2.95. The second-order valence-corrected chi connectivity index (χ2v) is 6.88. The maximum absolute atomic E-state index is 12.3. The quantitative estimate of drug-likeness (QED) is 0.796. The van der Waals surface area contributed by atoms with Gasteiger partial charge in [0, 0.05) is 6.04 Å². The van der Waals surface area contributed by atoms with E-state index in [0.29, 0.717) is 6.54 Å². The van der Waals surface area contributed by atoms with Crippen molar-refractivity contribution in [3.63, 3.8) is 0 Å². The molecule has 0 saturated carbocycles. The van der Waals surface area contributed by atoms with E-state index in [1.165, 1.54) is 0 Å². The zero-order valence-corrected chi connectivity index (χ0v) is 13.7. The molecule has 0 unspecified atom stereocenters. The van der Waals surface area contributed by atoms with Gasteiger partial charge in [-0.25, -0.2) is 9.67 Å². The first-order valence-electron chi connectivity index (χ1n) is 7.63. The smallest absolute Gasteiger partial charge is 0.323 e. The van der Waals surface area contributed by atoms with E-state index >= 15 is 0 Å². The highest BCUT2D eigenvalue weighted by Crippen LogP contribution is 2.23. The lowest BCUT2D eigenvalue weighted by molar-refractivity contribution is -0.160. The van der Waals surface area contributed by atoms with Crippen molar-refractivity contribution < 1.29 is 9.53 Å². The van der Waals surface area contributed by atoms with Crippen LogP contribution in [-0.2, 0) is 16.1 Å². The molecule has 6 heteroatoms. The molecule has 6 nitrogen and oxygen atoms in total. The second kappa shape index (κ2) is 6.13. The number of hydrogen-bond donors (Lipinski definition) is 0. The lowest BCUT2D eigenvalue weighted by atomic mass is 10.1. The van der Waals surface area contributed by atoms with Crippen LogP contribution in [0.1, 0.15) is 59.3 Å². The van der Waals surface area contributed by atoms with Crippen LogP contribution < -0.4 is 0 Å². The SMILES string of the molecule is CC(C)n1ncnc1CN1CCC[C@@H]1C(=O)OC(C)(C)C. The first-order chi connectivity index (χ1) is 9.78. The fourth-order valence-corrected chi connectivity index (χ4v) is 2.65. The predicted molar refractivity (Wildman–Crippen MR) is 79.7 cm³/mol. The minimum Gasteiger partial charge on any atom is -0.459 e. The van der Waals surface area contributed by atoms with Gasteiger partial charge in [0.1, 0.15) is 23.8 Å². The largest absolute Gasteiger partial charge is 0.459 e. The third kappa shape index (κ3) is 4.03. The average molecular weight is 294 g/mol. The Balaban J connectivity index is 2.05. The fraction of sp³-hybridized carbons (Fsp3) is 0.800. The number of ether oxygens (including phenoxy) is 1. The zero-order chi connectivity index (χ0) is 15.6. The van der Waals surface area contributed by atoms with Crippen molar-refractivity contribution in [3.8, 4) is 0 Å². The van der Waals surface area contributed by atoms with E-state index in [1.807, 2.05) is 25.5 Å². The number of aromatic nitrogens is 3. The van der Waals surface area contributed by atoms with Gasteiger partial charge in [0.2, 0.25) is 0 Å². The maximum atomic E-state index is 12.3. The molecule has 1 saturated heterocycles. The van der Waals surface area contributed by atoms with Crippen molar-refractivity contribution in [2.75, 3.05) is 6.54 Å². The van der Waals surface area contributed by atoms with Gasteiger partial charge < -0.3 is 4.74 Å². The summed E-state index contributed by atoms with van der Waals surface area (Å²) in [4.78, 5) is 18.8. The van der Waals surface area contributed by atoms with E-state index in [-0.39, 0.29) is 18.1 Å². The molecule has 0 N–H and O–H groups in total. The maximum Gasteiger partial charge on any atom is 0.323 e. The molecule has 0 bridgehead atoms. The van der Waals surface area contributed by atoms with Crippen LogP contribution in [-0.4, -0.2) is 43.8 Å². The van der Waals surface area contributed by atoms with Gasteiger partial charge >= 0.3 is 5.97 Å². The molecular formula is C15H26N4O2. The second-order valence-electron chi connectivity index (χ2n) is 6.88. The summed E-state index contributed by atoms with van der Waals surface area (Å²) in [6, 6.07) is 0.103. The van der Waals surface area contributed by atoms with Crippen molar-refractivity contribution in [1.29, 1.82) is 0 Å². The van der Waals surface area contributed by atoms with Crippen LogP contribution in [0, 0.1) is 0 Å². The molecule has 1 atom stereocenters. The van der Waals surface area contributed by atoms with E-state index in [1.54, 1.807) is 6.33 Å². The Morgan fingerprint density at radius 3 is 2.81 bits per heavy atom. The summed E-state index contributed by atoms with van der Waals surface area (Å²) in [5.74, 6) is 0.774. The van der Waals surface area contributed by atoms with Gasteiger partial charge in [-0.3, -0.25) is 9.69 Å². The van der Waals surface area contributed by atoms with E-state index < -0.39 is 5.60 Å². The molecule has 1 aliphatic heterocycles. The molecule has 118 valence electrons. The van der Waals surface area contributed by atoms with Gasteiger partial charge in [-0.2, -0.15) is 5.10 Å². The van der Waals surface area contributed by atoms with Gasteiger partial charge in [0.05, 0.1) is 6.54 Å². The van der Waals surface area contributed by atoms with Crippen LogP contribution >= 0.6 is 0 Å². The normalized spacial score (nSPS) is 20.2. The van der Waals surface area contributed by atoms with Gasteiger partial charge in [0.15, 0.2) is 0 Å². The Hall–Kier alpha value is -1.43. The number of rotatable bonds is 4. The van der Waals surface area contributed by atoms with E-state index in [4.69, 9.17) is 4.74 Å². The van der Waals surface area contributed by atoms with Crippen LogP contribution in [0.25, 0.3) is 0 Å². The molecule has 0 spiro atoms. The number of nitrogens with zero attached hydrogens (tertiary/aromatic N) is 4. The highest BCUT2D eigenvalue weighted by Gasteiger charge is 2.34. The van der Waals surface area contributed by atoms with E-state index in [9.17, 15) is 4.79 Å². The summed E-state index contributed by atoms with van der Waals surface area (Å²) in [5.41, 5.74) is -0.441. The highest BCUT2D eigenvalue weighted by atomic mass is 16.6. The summed E-state index contributed by atoms with van der Waals surface area (Å²) in [6.07, 6.45) is 3.44. The monoisotopic (exact) mass is 294 g/mol. The van der Waals surface area contributed by atoms with Crippen molar-refractivity contribution in [1.82, 2.24) is 19.7 Å². The van der Waals surface area contributed by atoms with Crippen LogP contribution in [0.2, 0.25) is 0 Å². The van der Waals surface area contributed by atoms with Crippen molar-refractivity contribution in [3.05, 3.63) is 12.2 Å². The molecule has 1 aromatic heterocycles. The molecule has 0 aromatic carbocycles. The molecular weight excluding hydrogens is 268 g/mol. The third-order valence-electron chi connectivity index (χ3n) is 3.52. The fourth-order valence-electron chi connectivity index (χ4n) is 2.65. The number of likely N-dealkylation sites (tertiary alicyclic amines) is 1. The number of carbonyl (C=O) groups is 1. The molecule has 0 radical (unpaired) electrons. The highest BCUT2D eigenvalue weighted by molar-refractivity contribution is 5.76. The number of carbonyl (C=O) groups excluding carboxylic acids is 1. The number of esters is 1. The van der Waals surface area contributed by atoms with Crippen molar-refractivity contribution in [2.45, 2.75) is 71.7 Å². The molecule has 1 aromatic rings. The topological polar surface area (TPSA) is 60.2 Å². The van der Waals surface area contributed by atoms with Crippen LogP contribution in [0.5, 0.6) is 0 Å². The van der Waals surface area contributed by atoms with Gasteiger partial charge in [-0.05, 0) is 54.0 Å². The predicted octanol–water partition coefficient (Wildman–Crippen LogP) is 2.17. The first-order valence-corrected chi connectivity index (χ1v) is 7.63. The number of hydrogen-bond acceptors (Lipinski definition) is 5. The van der Waals surface area contributed by atoms with Gasteiger partial charge in [-0.15, -0.1) is 0 Å². The van der Waals surface area contributed by atoms with Crippen LogP contribution in [0.15, 0.2) is 6.33 Å².